The summed E-state index contributed by atoms with van der Waals surface area (Å²) in [7, 11) is 0. The number of fused-ring (bicyclic) bond motifs is 1. The number of aryl methyl sites for hydroxylation is 1. The quantitative estimate of drug-likeness (QED) is 0.548. The van der Waals surface area contributed by atoms with E-state index in [1.54, 1.807) is 0 Å². The third-order valence-corrected chi connectivity index (χ3v) is 6.25. The van der Waals surface area contributed by atoms with Crippen LogP contribution in [0, 0.1) is 5.92 Å². The lowest BCUT2D eigenvalue weighted by atomic mass is 9.73. The minimum Gasteiger partial charge on any atom is -0.381 e. The Morgan fingerprint density at radius 2 is 1.81 bits per heavy atom. The van der Waals surface area contributed by atoms with Gasteiger partial charge in [0.05, 0.1) is 16.4 Å². The summed E-state index contributed by atoms with van der Waals surface area (Å²) in [6.07, 6.45) is 3.18. The number of nitrogens with zero attached hydrogens (tertiary/aromatic N) is 2. The van der Waals surface area contributed by atoms with Crippen molar-refractivity contribution in [2.75, 3.05) is 19.8 Å². The van der Waals surface area contributed by atoms with Gasteiger partial charge in [-0.3, -0.25) is 4.79 Å². The highest BCUT2D eigenvalue weighted by Crippen LogP contribution is 2.35. The highest BCUT2D eigenvalue weighted by Gasteiger charge is 2.41. The number of ether oxygens (including phenoxy) is 1. The predicted molar refractivity (Wildman–Crippen MR) is 124 cm³/mol. The lowest BCUT2D eigenvalue weighted by molar-refractivity contribution is -0.130. The molecule has 3 aromatic rings. The molecule has 2 aromatic carbocycles. The summed E-state index contributed by atoms with van der Waals surface area (Å²) in [4.78, 5) is 18.2. The van der Waals surface area contributed by atoms with E-state index in [1.165, 1.54) is 5.52 Å². The summed E-state index contributed by atoms with van der Waals surface area (Å²) in [5.74, 6) is 1.78. The monoisotopic (exact) mass is 419 g/mol. The number of benzene rings is 2. The van der Waals surface area contributed by atoms with Gasteiger partial charge < -0.3 is 14.6 Å². The van der Waals surface area contributed by atoms with E-state index < -0.39 is 5.41 Å². The number of amides is 1. The Morgan fingerprint density at radius 1 is 1.10 bits per heavy atom. The molecule has 0 spiro atoms. The molecule has 1 aromatic heterocycles. The number of hydrogen-bond donors (Lipinski definition) is 1. The van der Waals surface area contributed by atoms with Crippen molar-refractivity contribution in [1.82, 2.24) is 14.9 Å². The number of rotatable bonds is 8. The Morgan fingerprint density at radius 3 is 2.55 bits per heavy atom. The van der Waals surface area contributed by atoms with Gasteiger partial charge in [-0.2, -0.15) is 0 Å². The average molecular weight is 420 g/mol. The van der Waals surface area contributed by atoms with Gasteiger partial charge >= 0.3 is 0 Å². The van der Waals surface area contributed by atoms with Crippen molar-refractivity contribution < 1.29 is 9.53 Å². The zero-order chi connectivity index (χ0) is 21.7. The summed E-state index contributed by atoms with van der Waals surface area (Å²) in [5.41, 5.74) is 2.85. The number of aromatic nitrogens is 2. The predicted octanol–water partition coefficient (Wildman–Crippen LogP) is 4.49. The van der Waals surface area contributed by atoms with Crippen molar-refractivity contribution in [3.05, 3.63) is 66.0 Å². The third kappa shape index (κ3) is 4.67. The Kier molecular flexibility index (Phi) is 6.71. The van der Waals surface area contributed by atoms with E-state index in [2.05, 4.69) is 54.1 Å². The fraction of sp³-hybridized carbons (Fsp3) is 0.462. The summed E-state index contributed by atoms with van der Waals surface area (Å²) in [6, 6.07) is 18.5. The number of para-hydroxylation sites is 2. The molecule has 31 heavy (non-hydrogen) atoms. The first kappa shape index (κ1) is 21.6. The molecule has 1 fully saturated rings. The van der Waals surface area contributed by atoms with Gasteiger partial charge in [0.1, 0.15) is 5.82 Å². The first-order valence-corrected chi connectivity index (χ1v) is 11.5. The van der Waals surface area contributed by atoms with Gasteiger partial charge in [-0.1, -0.05) is 56.3 Å². The maximum absolute atomic E-state index is 13.3. The topological polar surface area (TPSA) is 56.2 Å². The molecular formula is C26H33N3O2. The zero-order valence-electron chi connectivity index (χ0n) is 18.6. The minimum absolute atomic E-state index is 0.123. The Hall–Kier alpha value is -2.66. The van der Waals surface area contributed by atoms with Crippen LogP contribution in [0.1, 0.15) is 44.5 Å². The molecule has 1 aliphatic heterocycles. The van der Waals surface area contributed by atoms with Gasteiger partial charge in [0.15, 0.2) is 0 Å². The molecular weight excluding hydrogens is 386 g/mol. The van der Waals surface area contributed by atoms with Crippen molar-refractivity contribution in [3.8, 4) is 0 Å². The van der Waals surface area contributed by atoms with Crippen LogP contribution in [0.5, 0.6) is 0 Å². The van der Waals surface area contributed by atoms with Gasteiger partial charge in [0.2, 0.25) is 5.91 Å². The molecule has 1 N–H and O–H groups in total. The van der Waals surface area contributed by atoms with Crippen LogP contribution in [-0.2, 0) is 27.9 Å². The zero-order valence-corrected chi connectivity index (χ0v) is 18.6. The van der Waals surface area contributed by atoms with Crippen molar-refractivity contribution in [3.63, 3.8) is 0 Å². The van der Waals surface area contributed by atoms with E-state index in [0.717, 1.165) is 49.1 Å². The Balaban J connectivity index is 1.42. The van der Waals surface area contributed by atoms with Crippen LogP contribution in [0.2, 0.25) is 0 Å². The largest absolute Gasteiger partial charge is 0.381 e. The van der Waals surface area contributed by atoms with Gasteiger partial charge in [-0.05, 0) is 42.9 Å². The molecule has 0 unspecified atom stereocenters. The lowest BCUT2D eigenvalue weighted by Crippen LogP contribution is -2.48. The second-order valence-electron chi connectivity index (χ2n) is 8.94. The molecule has 0 radical (unpaired) electrons. The standard InChI is InChI=1S/C26H33N3O2/c1-20(2)19-29-23-12-7-6-11-22(23)28-24(29)13-8-16-27-25(30)26(14-17-31-18-15-26)21-9-4-3-5-10-21/h3-7,9-12,20H,8,13-19H2,1-2H3,(H,27,30). The molecule has 0 atom stereocenters. The van der Waals surface area contributed by atoms with E-state index in [0.29, 0.717) is 25.7 Å². The number of hydrogen-bond acceptors (Lipinski definition) is 3. The van der Waals surface area contributed by atoms with E-state index in [9.17, 15) is 4.79 Å². The second kappa shape index (κ2) is 9.65. The molecule has 2 heterocycles. The van der Waals surface area contributed by atoms with Gasteiger partial charge in [-0.15, -0.1) is 0 Å². The third-order valence-electron chi connectivity index (χ3n) is 6.25. The van der Waals surface area contributed by atoms with Crippen molar-refractivity contribution in [2.45, 2.75) is 51.5 Å². The molecule has 1 saturated heterocycles. The minimum atomic E-state index is -0.482. The molecule has 5 nitrogen and oxygen atoms in total. The van der Waals surface area contributed by atoms with Gasteiger partial charge in [0.25, 0.3) is 0 Å². The molecule has 1 aliphatic rings. The highest BCUT2D eigenvalue weighted by atomic mass is 16.5. The van der Waals surface area contributed by atoms with Crippen LogP contribution < -0.4 is 5.32 Å². The smallest absolute Gasteiger partial charge is 0.230 e. The van der Waals surface area contributed by atoms with Gasteiger partial charge in [0, 0.05) is 32.7 Å². The number of nitrogens with one attached hydrogen (secondary N) is 1. The fourth-order valence-electron chi connectivity index (χ4n) is 4.63. The molecule has 4 rings (SSSR count). The lowest BCUT2D eigenvalue weighted by Gasteiger charge is -2.36. The normalized spacial score (nSPS) is 16.0. The van der Waals surface area contributed by atoms with E-state index in [4.69, 9.17) is 9.72 Å². The van der Waals surface area contributed by atoms with Gasteiger partial charge in [-0.25, -0.2) is 4.98 Å². The van der Waals surface area contributed by atoms with Crippen LogP contribution in [0.4, 0.5) is 0 Å². The number of imidazole rings is 1. The Labute approximate surface area is 184 Å². The summed E-state index contributed by atoms with van der Waals surface area (Å²) in [5, 5.41) is 3.22. The molecule has 5 heteroatoms. The second-order valence-corrected chi connectivity index (χ2v) is 8.94. The van der Waals surface area contributed by atoms with E-state index in [-0.39, 0.29) is 5.91 Å². The van der Waals surface area contributed by atoms with Crippen LogP contribution in [0.3, 0.4) is 0 Å². The van der Waals surface area contributed by atoms with Crippen LogP contribution in [0.15, 0.2) is 54.6 Å². The Bertz CT molecular complexity index is 1000. The molecule has 164 valence electrons. The van der Waals surface area contributed by atoms with Crippen LogP contribution >= 0.6 is 0 Å². The number of carbonyl (C=O) groups is 1. The highest BCUT2D eigenvalue weighted by molar-refractivity contribution is 5.88. The molecule has 0 saturated carbocycles. The molecule has 1 amide bonds. The summed E-state index contributed by atoms with van der Waals surface area (Å²) >= 11 is 0. The van der Waals surface area contributed by atoms with Crippen molar-refractivity contribution in [1.29, 1.82) is 0 Å². The van der Waals surface area contributed by atoms with Crippen LogP contribution in [0.25, 0.3) is 11.0 Å². The van der Waals surface area contributed by atoms with Crippen molar-refractivity contribution >= 4 is 16.9 Å². The van der Waals surface area contributed by atoms with E-state index in [1.807, 2.05) is 24.3 Å². The maximum Gasteiger partial charge on any atom is 0.230 e. The van der Waals surface area contributed by atoms with Crippen LogP contribution in [-0.4, -0.2) is 35.2 Å². The first-order chi connectivity index (χ1) is 15.1. The average Bonchev–Trinajstić information content (AvgIpc) is 3.14. The SMILES string of the molecule is CC(C)Cn1c(CCCNC(=O)C2(c3ccccc3)CCOCC2)nc2ccccc21. The number of carbonyl (C=O) groups excluding carboxylic acids is 1. The summed E-state index contributed by atoms with van der Waals surface area (Å²) in [6.45, 7) is 7.33. The first-order valence-electron chi connectivity index (χ1n) is 11.5. The molecule has 0 aliphatic carbocycles. The fourth-order valence-corrected chi connectivity index (χ4v) is 4.63. The maximum atomic E-state index is 13.3. The molecule has 0 bridgehead atoms. The van der Waals surface area contributed by atoms with Crippen molar-refractivity contribution in [2.24, 2.45) is 5.92 Å². The summed E-state index contributed by atoms with van der Waals surface area (Å²) < 4.78 is 7.90. The van der Waals surface area contributed by atoms with E-state index >= 15 is 0 Å².